The number of carboxylic acids is 2. The van der Waals surface area contributed by atoms with Crippen molar-refractivity contribution in [1.82, 2.24) is 29.5 Å². The van der Waals surface area contributed by atoms with Crippen molar-refractivity contribution in [3.8, 4) is 0 Å². The van der Waals surface area contributed by atoms with Gasteiger partial charge in [-0.2, -0.15) is 31.4 Å². The van der Waals surface area contributed by atoms with Gasteiger partial charge in [0.2, 0.25) is 0 Å². The molecule has 12 nitrogen and oxygen atoms in total. The van der Waals surface area contributed by atoms with Gasteiger partial charge in [0.05, 0.1) is 37.2 Å². The molecule has 0 bridgehead atoms. The lowest BCUT2D eigenvalue weighted by Crippen LogP contribution is -2.37. The number of hydrogen-bond acceptors (Lipinski definition) is 7. The number of fused-ring (bicyclic) bond motifs is 1. The Balaban J connectivity index is 0.000000317. The fourth-order valence-electron chi connectivity index (χ4n) is 3.51. The minimum atomic E-state index is -5.08. The molecule has 2 aliphatic rings. The largest absolute Gasteiger partial charge is 0.490 e. The van der Waals surface area contributed by atoms with Crippen molar-refractivity contribution < 1.29 is 55.7 Å². The molecular weight excluding hydrogens is 546 g/mol. The molecular formula is C21H26F6N6O6. The lowest BCUT2D eigenvalue weighted by atomic mass is 10.1. The van der Waals surface area contributed by atoms with Crippen molar-refractivity contribution >= 4 is 17.8 Å². The number of nitrogens with one attached hydrogen (secondary N) is 1. The van der Waals surface area contributed by atoms with Gasteiger partial charge in [0.25, 0.3) is 5.91 Å². The Morgan fingerprint density at radius 1 is 1.08 bits per heavy atom. The molecule has 2 aliphatic heterocycles. The molecule has 0 radical (unpaired) electrons. The fraction of sp³-hybridized carbons (Fsp3) is 0.571. The number of rotatable bonds is 5. The van der Waals surface area contributed by atoms with E-state index in [4.69, 9.17) is 29.5 Å². The summed E-state index contributed by atoms with van der Waals surface area (Å²) < 4.78 is 72.8. The van der Waals surface area contributed by atoms with Gasteiger partial charge >= 0.3 is 24.3 Å². The van der Waals surface area contributed by atoms with E-state index in [9.17, 15) is 31.1 Å². The number of imidazole rings is 1. The van der Waals surface area contributed by atoms with Crippen LogP contribution in [0.3, 0.4) is 0 Å². The molecule has 0 spiro atoms. The summed E-state index contributed by atoms with van der Waals surface area (Å²) in [5, 5.41) is 21.2. The molecule has 4 rings (SSSR count). The molecule has 1 fully saturated rings. The van der Waals surface area contributed by atoms with Gasteiger partial charge in [0.15, 0.2) is 0 Å². The Hall–Kier alpha value is -3.67. The summed E-state index contributed by atoms with van der Waals surface area (Å²) >= 11 is 0. The van der Waals surface area contributed by atoms with E-state index >= 15 is 0 Å². The first-order chi connectivity index (χ1) is 18.1. The standard InChI is InChI=1S/C17H24N6O2.2C2HF3O2/c1-21-9-14(6-19-21)17(24)18-7-15-10-23-4-3-22(11-16(23)20-15)8-13-2-5-25-12-13;2*3-2(4,5)1(6)7/h6,9-10,13H,2-5,7-8,11-12H2,1H3,(H,18,24);2*(H,6,7). The Bertz CT molecular complexity index is 1100. The number of carboxylic acid groups (broad SMARTS) is 2. The predicted molar refractivity (Wildman–Crippen MR) is 118 cm³/mol. The molecule has 4 heterocycles. The monoisotopic (exact) mass is 572 g/mol. The summed E-state index contributed by atoms with van der Waals surface area (Å²) in [6.45, 7) is 6.16. The maximum absolute atomic E-state index is 12.1. The number of carbonyl (C=O) groups is 3. The third-order valence-electron chi connectivity index (χ3n) is 5.35. The van der Waals surface area contributed by atoms with Crippen LogP contribution in [0.2, 0.25) is 0 Å². The van der Waals surface area contributed by atoms with Crippen LogP contribution in [0.4, 0.5) is 26.3 Å². The first-order valence-corrected chi connectivity index (χ1v) is 11.3. The van der Waals surface area contributed by atoms with Crippen molar-refractivity contribution in [2.24, 2.45) is 13.0 Å². The zero-order valence-electron chi connectivity index (χ0n) is 20.5. The third kappa shape index (κ3) is 10.5. The van der Waals surface area contributed by atoms with Gasteiger partial charge in [-0.1, -0.05) is 0 Å². The summed E-state index contributed by atoms with van der Waals surface area (Å²) in [5.74, 6) is -3.91. The summed E-state index contributed by atoms with van der Waals surface area (Å²) in [5.41, 5.74) is 1.47. The van der Waals surface area contributed by atoms with Crippen LogP contribution in [-0.2, 0) is 41.0 Å². The fourth-order valence-corrected chi connectivity index (χ4v) is 3.51. The van der Waals surface area contributed by atoms with E-state index in [1.54, 1.807) is 24.1 Å². The highest BCUT2D eigenvalue weighted by Crippen LogP contribution is 2.19. The van der Waals surface area contributed by atoms with Crippen molar-refractivity contribution in [3.05, 3.63) is 35.7 Å². The smallest absolute Gasteiger partial charge is 0.475 e. The van der Waals surface area contributed by atoms with E-state index < -0.39 is 24.3 Å². The Kier molecular flexibility index (Phi) is 10.8. The van der Waals surface area contributed by atoms with Crippen LogP contribution in [0.15, 0.2) is 18.6 Å². The number of nitrogens with zero attached hydrogens (tertiary/aromatic N) is 5. The van der Waals surface area contributed by atoms with Gasteiger partial charge in [-0.15, -0.1) is 0 Å². The van der Waals surface area contributed by atoms with Gasteiger partial charge in [-0.05, 0) is 12.3 Å². The first-order valence-electron chi connectivity index (χ1n) is 11.3. The SMILES string of the molecule is Cn1cc(C(=O)NCc2cn3c(n2)CN(CC2CCOC2)CC3)cn1.O=C(O)C(F)(F)F.O=C(O)C(F)(F)F. The summed E-state index contributed by atoms with van der Waals surface area (Å²) in [7, 11) is 1.80. The minimum Gasteiger partial charge on any atom is -0.475 e. The number of ether oxygens (including phenoxy) is 1. The van der Waals surface area contributed by atoms with Crippen LogP contribution in [-0.4, -0.2) is 90.9 Å². The zero-order valence-corrected chi connectivity index (χ0v) is 20.5. The molecule has 1 saturated heterocycles. The Morgan fingerprint density at radius 3 is 2.18 bits per heavy atom. The van der Waals surface area contributed by atoms with Crippen LogP contribution in [0.1, 0.15) is 28.3 Å². The number of carbonyl (C=O) groups excluding carboxylic acids is 1. The van der Waals surface area contributed by atoms with Crippen LogP contribution < -0.4 is 5.32 Å². The van der Waals surface area contributed by atoms with Crippen molar-refractivity contribution in [2.75, 3.05) is 26.3 Å². The maximum atomic E-state index is 12.1. The van der Waals surface area contributed by atoms with E-state index in [2.05, 4.69) is 26.1 Å². The molecule has 39 heavy (non-hydrogen) atoms. The average molecular weight is 572 g/mol. The molecule has 1 amide bonds. The lowest BCUT2D eigenvalue weighted by molar-refractivity contribution is -0.193. The van der Waals surface area contributed by atoms with Gasteiger partial charge in [0.1, 0.15) is 5.82 Å². The Labute approximate surface area is 217 Å². The highest BCUT2D eigenvalue weighted by Gasteiger charge is 2.38. The number of hydrogen-bond donors (Lipinski definition) is 3. The minimum absolute atomic E-state index is 0.123. The van der Waals surface area contributed by atoms with Crippen molar-refractivity contribution in [3.63, 3.8) is 0 Å². The van der Waals surface area contributed by atoms with Crippen molar-refractivity contribution in [2.45, 2.75) is 38.4 Å². The molecule has 0 aromatic carbocycles. The number of alkyl halides is 6. The van der Waals surface area contributed by atoms with Crippen LogP contribution in [0, 0.1) is 5.92 Å². The topological polar surface area (TPSA) is 152 Å². The number of aryl methyl sites for hydroxylation is 1. The number of aliphatic carboxylic acids is 2. The molecule has 0 aliphatic carbocycles. The summed E-state index contributed by atoms with van der Waals surface area (Å²) in [6.07, 6.45) is -3.68. The second kappa shape index (κ2) is 13.4. The zero-order chi connectivity index (χ0) is 29.4. The molecule has 0 saturated carbocycles. The van der Waals surface area contributed by atoms with Crippen LogP contribution >= 0.6 is 0 Å². The summed E-state index contributed by atoms with van der Waals surface area (Å²) in [4.78, 5) is 37.1. The predicted octanol–water partition coefficient (Wildman–Crippen LogP) is 1.67. The molecule has 2 aromatic rings. The van der Waals surface area contributed by atoms with Crippen LogP contribution in [0.25, 0.3) is 0 Å². The molecule has 1 unspecified atom stereocenters. The van der Waals surface area contributed by atoms with Gasteiger partial charge in [-0.25, -0.2) is 14.6 Å². The van der Waals surface area contributed by atoms with E-state index in [0.29, 0.717) is 18.0 Å². The highest BCUT2D eigenvalue weighted by molar-refractivity contribution is 5.93. The molecule has 18 heteroatoms. The highest BCUT2D eigenvalue weighted by atomic mass is 19.4. The average Bonchev–Trinajstić information content (AvgIpc) is 3.58. The van der Waals surface area contributed by atoms with Crippen LogP contribution in [0.5, 0.6) is 0 Å². The third-order valence-corrected chi connectivity index (χ3v) is 5.35. The second-order valence-corrected chi connectivity index (χ2v) is 8.50. The number of aromatic nitrogens is 4. The van der Waals surface area contributed by atoms with E-state index in [1.165, 1.54) is 0 Å². The van der Waals surface area contributed by atoms with E-state index in [0.717, 1.165) is 57.3 Å². The molecule has 3 N–H and O–H groups in total. The maximum Gasteiger partial charge on any atom is 0.490 e. The summed E-state index contributed by atoms with van der Waals surface area (Å²) in [6, 6.07) is 0. The lowest BCUT2D eigenvalue weighted by Gasteiger charge is -2.29. The second-order valence-electron chi connectivity index (χ2n) is 8.50. The van der Waals surface area contributed by atoms with E-state index in [-0.39, 0.29) is 5.91 Å². The molecule has 2 aromatic heterocycles. The van der Waals surface area contributed by atoms with E-state index in [1.807, 2.05) is 0 Å². The Morgan fingerprint density at radius 2 is 1.69 bits per heavy atom. The van der Waals surface area contributed by atoms with Crippen molar-refractivity contribution in [1.29, 1.82) is 0 Å². The number of halogens is 6. The first kappa shape index (κ1) is 31.5. The van der Waals surface area contributed by atoms with Gasteiger partial charge in [0, 0.05) is 45.7 Å². The van der Waals surface area contributed by atoms with Gasteiger partial charge < -0.3 is 24.8 Å². The normalized spacial score (nSPS) is 17.3. The molecule has 1 atom stereocenters. The van der Waals surface area contributed by atoms with Gasteiger partial charge in [-0.3, -0.25) is 14.4 Å². The molecule has 218 valence electrons. The number of amides is 1. The quantitative estimate of drug-likeness (QED) is 0.455.